The van der Waals surface area contributed by atoms with E-state index in [4.69, 9.17) is 28.4 Å². The maximum absolute atomic E-state index is 12.9. The first-order valence-electron chi connectivity index (χ1n) is 18.3. The van der Waals surface area contributed by atoms with E-state index in [2.05, 4.69) is 30.3 Å². The fourth-order valence-corrected chi connectivity index (χ4v) is 7.28. The molecule has 2 fully saturated rings. The summed E-state index contributed by atoms with van der Waals surface area (Å²) in [6, 6.07) is 42.9. The quantitative estimate of drug-likeness (QED) is 0.108. The molecular formula is C45H44O7. The standard InChI is InChI=1S/C45H44O7/c46-27-41-43(49-28-31-10-4-1-5-11-31)45(51-30-33-14-8-3-9-15-33)44(50-29-32-12-6-2-7-13-32)42(52-41)36-19-20-38(35-17-18-35)37(26-36)24-34-16-21-39-40(25-34)48-23-22-47-39/h1-16,19-21,25-27,35,41-45H,17-18,22-24,28-30H2. The van der Waals surface area contributed by atoms with Crippen molar-refractivity contribution in [2.24, 2.45) is 0 Å². The zero-order chi connectivity index (χ0) is 35.1. The Morgan fingerprint density at radius 3 is 1.75 bits per heavy atom. The van der Waals surface area contributed by atoms with Crippen molar-refractivity contribution in [1.29, 1.82) is 0 Å². The number of hydrogen-bond donors (Lipinski definition) is 0. The largest absolute Gasteiger partial charge is 0.486 e. The molecule has 8 rings (SSSR count). The molecule has 7 nitrogen and oxygen atoms in total. The van der Waals surface area contributed by atoms with Gasteiger partial charge in [0.2, 0.25) is 0 Å². The molecule has 0 radical (unpaired) electrons. The third-order valence-electron chi connectivity index (χ3n) is 10.1. The molecule has 0 aromatic heterocycles. The molecular weight excluding hydrogens is 652 g/mol. The summed E-state index contributed by atoms with van der Waals surface area (Å²) in [6.07, 6.45) is 0.551. The molecule has 0 spiro atoms. The molecule has 5 atom stereocenters. The second kappa shape index (κ2) is 16.3. The van der Waals surface area contributed by atoms with E-state index in [0.717, 1.165) is 52.0 Å². The summed E-state index contributed by atoms with van der Waals surface area (Å²) in [6.45, 7) is 2.08. The van der Waals surface area contributed by atoms with E-state index < -0.39 is 30.5 Å². The van der Waals surface area contributed by atoms with Crippen molar-refractivity contribution in [1.82, 2.24) is 0 Å². The molecule has 1 aliphatic carbocycles. The average Bonchev–Trinajstić information content (AvgIpc) is 4.05. The van der Waals surface area contributed by atoms with Gasteiger partial charge >= 0.3 is 0 Å². The van der Waals surface area contributed by atoms with Crippen LogP contribution in [0.2, 0.25) is 0 Å². The molecule has 2 aliphatic heterocycles. The van der Waals surface area contributed by atoms with Gasteiger partial charge in [-0.2, -0.15) is 0 Å². The zero-order valence-electron chi connectivity index (χ0n) is 29.2. The van der Waals surface area contributed by atoms with Crippen LogP contribution in [0.1, 0.15) is 63.8 Å². The fourth-order valence-electron chi connectivity index (χ4n) is 7.28. The van der Waals surface area contributed by atoms with Gasteiger partial charge in [0.15, 0.2) is 17.8 Å². The third-order valence-corrected chi connectivity index (χ3v) is 10.1. The van der Waals surface area contributed by atoms with Crippen LogP contribution in [-0.2, 0) is 50.0 Å². The van der Waals surface area contributed by atoms with E-state index in [1.807, 2.05) is 97.1 Å². The van der Waals surface area contributed by atoms with Crippen molar-refractivity contribution >= 4 is 6.29 Å². The maximum Gasteiger partial charge on any atom is 0.161 e. The van der Waals surface area contributed by atoms with Crippen molar-refractivity contribution in [2.45, 2.75) is 75.5 Å². The first-order valence-corrected chi connectivity index (χ1v) is 18.3. The summed E-state index contributed by atoms with van der Waals surface area (Å²) in [4.78, 5) is 12.9. The Morgan fingerprint density at radius 1 is 0.577 bits per heavy atom. The summed E-state index contributed by atoms with van der Waals surface area (Å²) in [5.41, 5.74) is 7.72. The van der Waals surface area contributed by atoms with Crippen LogP contribution in [0.5, 0.6) is 11.5 Å². The van der Waals surface area contributed by atoms with Crippen LogP contribution in [0.25, 0.3) is 0 Å². The van der Waals surface area contributed by atoms with Crippen LogP contribution < -0.4 is 9.47 Å². The predicted molar refractivity (Wildman–Crippen MR) is 197 cm³/mol. The summed E-state index contributed by atoms with van der Waals surface area (Å²) in [5, 5.41) is 0. The number of aldehydes is 1. The number of benzene rings is 5. The van der Waals surface area contributed by atoms with Crippen molar-refractivity contribution in [2.75, 3.05) is 13.2 Å². The number of carbonyl (C=O) groups excluding carboxylic acids is 1. The van der Waals surface area contributed by atoms with Crippen LogP contribution >= 0.6 is 0 Å². The van der Waals surface area contributed by atoms with E-state index in [-0.39, 0.29) is 0 Å². The van der Waals surface area contributed by atoms with E-state index in [1.165, 1.54) is 24.0 Å². The van der Waals surface area contributed by atoms with Gasteiger partial charge in [-0.05, 0) is 76.3 Å². The van der Waals surface area contributed by atoms with Crippen molar-refractivity contribution in [3.63, 3.8) is 0 Å². The van der Waals surface area contributed by atoms with Crippen molar-refractivity contribution < 1.29 is 33.2 Å². The Morgan fingerprint density at radius 2 is 1.15 bits per heavy atom. The Hall–Kier alpha value is -4.79. The van der Waals surface area contributed by atoms with E-state index in [9.17, 15) is 4.79 Å². The van der Waals surface area contributed by atoms with Gasteiger partial charge in [-0.15, -0.1) is 0 Å². The first-order chi connectivity index (χ1) is 25.7. The molecule has 0 amide bonds. The monoisotopic (exact) mass is 696 g/mol. The number of carbonyl (C=O) groups is 1. The highest BCUT2D eigenvalue weighted by Gasteiger charge is 2.49. The van der Waals surface area contributed by atoms with Crippen LogP contribution in [0.4, 0.5) is 0 Å². The normalized spacial score (nSPS) is 22.5. The minimum absolute atomic E-state index is 0.302. The molecule has 3 aliphatic rings. The maximum atomic E-state index is 12.9. The summed E-state index contributed by atoms with van der Waals surface area (Å²) >= 11 is 0. The number of ether oxygens (including phenoxy) is 6. The van der Waals surface area contributed by atoms with Gasteiger partial charge in [-0.25, -0.2) is 0 Å². The number of hydrogen-bond acceptors (Lipinski definition) is 7. The Labute approximate surface area is 305 Å². The van der Waals surface area contributed by atoms with Gasteiger partial charge in [-0.3, -0.25) is 0 Å². The molecule has 1 saturated heterocycles. The van der Waals surface area contributed by atoms with Gasteiger partial charge in [0.1, 0.15) is 43.7 Å². The smallest absolute Gasteiger partial charge is 0.161 e. The molecule has 266 valence electrons. The Bertz CT molecular complexity index is 1910. The lowest BCUT2D eigenvalue weighted by atomic mass is 9.87. The Balaban J connectivity index is 1.15. The summed E-state index contributed by atoms with van der Waals surface area (Å²) in [5.74, 6) is 2.11. The van der Waals surface area contributed by atoms with Gasteiger partial charge in [0.25, 0.3) is 0 Å². The van der Waals surface area contributed by atoms with Crippen LogP contribution in [0.3, 0.4) is 0 Å². The Kier molecular flexibility index (Phi) is 10.7. The highest BCUT2D eigenvalue weighted by molar-refractivity contribution is 5.58. The van der Waals surface area contributed by atoms with Crippen LogP contribution in [-0.4, -0.2) is 43.9 Å². The second-order valence-electron chi connectivity index (χ2n) is 13.8. The van der Waals surface area contributed by atoms with Gasteiger partial charge in [-0.1, -0.05) is 115 Å². The highest BCUT2D eigenvalue weighted by atomic mass is 16.6. The highest BCUT2D eigenvalue weighted by Crippen LogP contribution is 2.45. The van der Waals surface area contributed by atoms with Crippen LogP contribution in [0, 0.1) is 0 Å². The molecule has 1 saturated carbocycles. The lowest BCUT2D eigenvalue weighted by molar-refractivity contribution is -0.259. The fraction of sp³-hybridized carbons (Fsp3) is 0.311. The topological polar surface area (TPSA) is 72.5 Å². The molecule has 52 heavy (non-hydrogen) atoms. The first kappa shape index (κ1) is 34.3. The van der Waals surface area contributed by atoms with Gasteiger partial charge < -0.3 is 33.2 Å². The van der Waals surface area contributed by atoms with Gasteiger partial charge in [0.05, 0.1) is 19.8 Å². The molecule has 7 heteroatoms. The molecule has 0 bridgehead atoms. The summed E-state index contributed by atoms with van der Waals surface area (Å²) in [7, 11) is 0. The van der Waals surface area contributed by atoms with Crippen molar-refractivity contribution in [3.8, 4) is 11.5 Å². The van der Waals surface area contributed by atoms with Crippen molar-refractivity contribution in [3.05, 3.63) is 166 Å². The van der Waals surface area contributed by atoms with Crippen LogP contribution in [0.15, 0.2) is 127 Å². The lowest BCUT2D eigenvalue weighted by Gasteiger charge is -2.45. The zero-order valence-corrected chi connectivity index (χ0v) is 29.2. The third kappa shape index (κ3) is 8.14. The predicted octanol–water partition coefficient (Wildman–Crippen LogP) is 8.32. The van der Waals surface area contributed by atoms with Gasteiger partial charge in [0, 0.05) is 0 Å². The second-order valence-corrected chi connectivity index (χ2v) is 13.8. The summed E-state index contributed by atoms with van der Waals surface area (Å²) < 4.78 is 38.7. The lowest BCUT2D eigenvalue weighted by Crippen LogP contribution is -2.57. The number of fused-ring (bicyclic) bond motifs is 1. The molecule has 5 unspecified atom stereocenters. The average molecular weight is 697 g/mol. The number of rotatable bonds is 14. The minimum atomic E-state index is -0.879. The minimum Gasteiger partial charge on any atom is -0.486 e. The van der Waals surface area contributed by atoms with E-state index in [0.29, 0.717) is 39.0 Å². The molecule has 5 aromatic rings. The SMILES string of the molecule is O=CC1OC(c2ccc(C3CC3)c(Cc3ccc4c(c3)OCCO4)c2)C(OCc2ccccc2)C(OCc2ccccc2)C1OCc1ccccc1. The van der Waals surface area contributed by atoms with E-state index in [1.54, 1.807) is 0 Å². The molecule has 0 N–H and O–H groups in total. The molecule has 5 aromatic carbocycles. The molecule has 2 heterocycles. The van der Waals surface area contributed by atoms with E-state index >= 15 is 0 Å².